The number of nitrogens with one attached hydrogen (secondary N) is 1. The third-order valence-corrected chi connectivity index (χ3v) is 15.8. The average Bonchev–Trinajstić information content (AvgIpc) is 4.05. The molecule has 0 unspecified atom stereocenters. The first-order valence-electron chi connectivity index (χ1n) is 17.4. The minimum absolute atomic E-state index is 0.00568. The Morgan fingerprint density at radius 2 is 1.68 bits per heavy atom. The molecule has 2 heterocycles. The summed E-state index contributed by atoms with van der Waals surface area (Å²) in [4.78, 5) is 0.422. The molecule has 5 N–H and O–H groups in total. The van der Waals surface area contributed by atoms with Gasteiger partial charge in [0.15, 0.2) is 9.84 Å². The lowest BCUT2D eigenvalue weighted by Gasteiger charge is -2.38. The number of aliphatic hydroxyl groups excluding tert-OH is 2. The summed E-state index contributed by atoms with van der Waals surface area (Å²) >= 11 is 0. The number of hydrogen-bond donors (Lipinski definition) is 4. The van der Waals surface area contributed by atoms with Crippen molar-refractivity contribution in [1.29, 1.82) is 0 Å². The van der Waals surface area contributed by atoms with Crippen molar-refractivity contribution in [3.63, 3.8) is 0 Å². The van der Waals surface area contributed by atoms with Crippen molar-refractivity contribution in [2.24, 2.45) is 5.73 Å². The number of hydrogen-bond acceptors (Lipinski definition) is 10. The number of nitrogens with two attached hydrogens (primary N) is 1. The first-order chi connectivity index (χ1) is 23.8. The fraction of sp³-hybridized carbons (Fsp3) is 0.514. The van der Waals surface area contributed by atoms with Crippen molar-refractivity contribution in [2.75, 3.05) is 39.5 Å². The van der Waals surface area contributed by atoms with Crippen LogP contribution in [-0.4, -0.2) is 93.3 Å². The van der Waals surface area contributed by atoms with Gasteiger partial charge in [-0.1, -0.05) is 42.5 Å². The van der Waals surface area contributed by atoms with Gasteiger partial charge in [-0.3, -0.25) is 0 Å². The second kappa shape index (κ2) is 13.3. The van der Waals surface area contributed by atoms with E-state index in [1.807, 2.05) is 37.3 Å². The van der Waals surface area contributed by atoms with Crippen LogP contribution in [0.25, 0.3) is 11.1 Å². The number of aliphatic hydroxyl groups is 2. The summed E-state index contributed by atoms with van der Waals surface area (Å²) in [5.41, 5.74) is 9.40. The lowest BCUT2D eigenvalue weighted by atomic mass is 9.88. The van der Waals surface area contributed by atoms with Gasteiger partial charge in [0.25, 0.3) is 0 Å². The van der Waals surface area contributed by atoms with E-state index >= 15 is 0 Å². The number of sulfone groups is 1. The normalized spacial score (nSPS) is 23.1. The Balaban J connectivity index is 0.900. The molecule has 13 heteroatoms. The molecule has 0 radical (unpaired) electrons. The van der Waals surface area contributed by atoms with Crippen molar-refractivity contribution in [2.45, 2.75) is 89.7 Å². The molecule has 0 amide bonds. The van der Waals surface area contributed by atoms with Crippen LogP contribution in [0.1, 0.15) is 56.1 Å². The summed E-state index contributed by atoms with van der Waals surface area (Å²) in [5, 5.41) is 23.6. The van der Waals surface area contributed by atoms with E-state index in [2.05, 4.69) is 5.32 Å². The topological polar surface area (TPSA) is 168 Å². The third-order valence-electron chi connectivity index (χ3n) is 11.2. The molecule has 4 fully saturated rings. The summed E-state index contributed by atoms with van der Waals surface area (Å²) in [6.07, 6.45) is 3.85. The maximum absolute atomic E-state index is 13.9. The van der Waals surface area contributed by atoms with Gasteiger partial charge in [-0.25, -0.2) is 16.8 Å². The van der Waals surface area contributed by atoms with Crippen molar-refractivity contribution in [3.8, 4) is 16.9 Å². The Labute approximate surface area is 294 Å². The van der Waals surface area contributed by atoms with Gasteiger partial charge >= 0.3 is 0 Å². The first-order valence-corrected chi connectivity index (χ1v) is 20.4. The van der Waals surface area contributed by atoms with Crippen molar-refractivity contribution in [3.05, 3.63) is 77.9 Å². The first kappa shape index (κ1) is 35.5. The Kier molecular flexibility index (Phi) is 9.43. The lowest BCUT2D eigenvalue weighted by Crippen LogP contribution is -2.47. The zero-order valence-electron chi connectivity index (χ0n) is 28.4. The molecular formula is C37H47N3O8S2. The van der Waals surface area contributed by atoms with E-state index in [0.29, 0.717) is 62.4 Å². The van der Waals surface area contributed by atoms with Crippen molar-refractivity contribution < 1.29 is 36.5 Å². The highest BCUT2D eigenvalue weighted by molar-refractivity contribution is 7.93. The highest BCUT2D eigenvalue weighted by Crippen LogP contribution is 2.47. The van der Waals surface area contributed by atoms with E-state index in [1.165, 1.54) is 12.1 Å². The molecule has 7 rings (SSSR count). The van der Waals surface area contributed by atoms with Gasteiger partial charge in [-0.2, -0.15) is 4.31 Å². The molecule has 2 saturated carbocycles. The quantitative estimate of drug-likeness (QED) is 0.205. The highest BCUT2D eigenvalue weighted by Gasteiger charge is 2.54. The third kappa shape index (κ3) is 6.74. The van der Waals surface area contributed by atoms with E-state index < -0.39 is 42.9 Å². The Morgan fingerprint density at radius 3 is 2.34 bits per heavy atom. The minimum Gasteiger partial charge on any atom is -0.491 e. The molecule has 11 nitrogen and oxygen atoms in total. The molecule has 0 bridgehead atoms. The predicted octanol–water partition coefficient (Wildman–Crippen LogP) is 3.25. The molecule has 2 aliphatic carbocycles. The summed E-state index contributed by atoms with van der Waals surface area (Å²) < 4.78 is 66.1. The molecule has 50 heavy (non-hydrogen) atoms. The largest absolute Gasteiger partial charge is 0.491 e. The molecular weight excluding hydrogens is 679 g/mol. The number of piperidine rings is 1. The van der Waals surface area contributed by atoms with Gasteiger partial charge in [0.05, 0.1) is 33.4 Å². The van der Waals surface area contributed by atoms with Crippen LogP contribution in [0.2, 0.25) is 0 Å². The second-order valence-electron chi connectivity index (χ2n) is 14.7. The number of rotatable bonds is 13. The van der Waals surface area contributed by atoms with Crippen LogP contribution >= 0.6 is 0 Å². The summed E-state index contributed by atoms with van der Waals surface area (Å²) in [6.45, 7) is 2.85. The molecule has 0 aromatic heterocycles. The fourth-order valence-corrected chi connectivity index (χ4v) is 10.9. The number of benzene rings is 3. The van der Waals surface area contributed by atoms with Gasteiger partial charge in [-0.15, -0.1) is 0 Å². The number of ether oxygens (including phenoxy) is 2. The lowest BCUT2D eigenvalue weighted by molar-refractivity contribution is -0.0312. The van der Waals surface area contributed by atoms with E-state index in [1.54, 1.807) is 28.6 Å². The highest BCUT2D eigenvalue weighted by atomic mass is 32.2. The molecule has 3 aromatic carbocycles. The molecule has 1 spiro atoms. The number of nitrogens with zero attached hydrogens (tertiary/aromatic N) is 1. The zero-order chi connectivity index (χ0) is 35.4. The van der Waals surface area contributed by atoms with Crippen LogP contribution in [0, 0.1) is 6.92 Å². The second-order valence-corrected chi connectivity index (χ2v) is 18.9. The molecule has 270 valence electrons. The van der Waals surface area contributed by atoms with Crippen LogP contribution in [-0.2, 0) is 30.1 Å². The van der Waals surface area contributed by atoms with Crippen LogP contribution < -0.4 is 15.8 Å². The summed E-state index contributed by atoms with van der Waals surface area (Å²) in [7, 11) is -7.40. The van der Waals surface area contributed by atoms with Gasteiger partial charge in [0.1, 0.15) is 18.5 Å². The zero-order valence-corrected chi connectivity index (χ0v) is 30.0. The molecule has 2 aliphatic heterocycles. The maximum atomic E-state index is 13.9. The molecule has 2 atom stereocenters. The van der Waals surface area contributed by atoms with Gasteiger partial charge in [0, 0.05) is 31.2 Å². The molecule has 2 saturated heterocycles. The fourth-order valence-electron chi connectivity index (χ4n) is 7.40. The predicted molar refractivity (Wildman–Crippen MR) is 189 cm³/mol. The number of sulfonamides is 1. The smallest absolute Gasteiger partial charge is 0.243 e. The van der Waals surface area contributed by atoms with Crippen LogP contribution in [0.5, 0.6) is 5.75 Å². The van der Waals surface area contributed by atoms with Crippen LogP contribution in [0.4, 0.5) is 0 Å². The van der Waals surface area contributed by atoms with E-state index in [9.17, 15) is 27.0 Å². The Morgan fingerprint density at radius 1 is 0.980 bits per heavy atom. The van der Waals surface area contributed by atoms with Gasteiger partial charge in [-0.05, 0) is 98.4 Å². The summed E-state index contributed by atoms with van der Waals surface area (Å²) in [5.74, 6) is 0.332. The van der Waals surface area contributed by atoms with Crippen molar-refractivity contribution in [1.82, 2.24) is 9.62 Å². The monoisotopic (exact) mass is 725 g/mol. The standard InChI is InChI=1S/C37H47N3O8S2/c1-26-33(27-8-10-28(11-9-27)37(38)14-15-37)6-3-7-34(26)50(45,46)40-18-16-35(17-19-40)21-29(23-48-35)39-22-30(42)24-47-31-4-2-5-32(20-31)49(43,44)36(25-41)12-13-36/h2-11,20,29-30,39,41-42H,12-19,21-25,38H2,1H3/t29-,30-/m0/s1. The molecule has 4 aliphatic rings. The van der Waals surface area contributed by atoms with Gasteiger partial charge in [0.2, 0.25) is 10.0 Å². The minimum atomic E-state index is -3.72. The SMILES string of the molecule is Cc1c(-c2ccc(C3(N)CC3)cc2)cccc1S(=O)(=O)N1CCC2(CC1)C[C@H](NC[C@H](O)COc1cccc(S(=O)(=O)C3(CO)CC3)c1)CO2. The maximum Gasteiger partial charge on any atom is 0.243 e. The summed E-state index contributed by atoms with van der Waals surface area (Å²) in [6, 6.07) is 19.8. The van der Waals surface area contributed by atoms with Crippen LogP contribution in [0.15, 0.2) is 76.5 Å². The Hall–Kier alpha value is -2.88. The van der Waals surface area contributed by atoms with E-state index in [4.69, 9.17) is 15.2 Å². The van der Waals surface area contributed by atoms with Crippen molar-refractivity contribution >= 4 is 19.9 Å². The average molecular weight is 726 g/mol. The van der Waals surface area contributed by atoms with Crippen LogP contribution in [0.3, 0.4) is 0 Å². The van der Waals surface area contributed by atoms with E-state index in [-0.39, 0.29) is 29.6 Å². The Bertz CT molecular complexity index is 1930. The van der Waals surface area contributed by atoms with E-state index in [0.717, 1.165) is 35.1 Å². The molecule has 3 aromatic rings. The van der Waals surface area contributed by atoms with Gasteiger partial charge < -0.3 is 30.7 Å².